The Balaban J connectivity index is 1.78. The zero-order valence-corrected chi connectivity index (χ0v) is 22.3. The fourth-order valence-corrected chi connectivity index (χ4v) is 4.20. The summed E-state index contributed by atoms with van der Waals surface area (Å²) in [6.07, 6.45) is 3.03. The molecule has 3 amide bonds. The van der Waals surface area contributed by atoms with Gasteiger partial charge >= 0.3 is 0 Å². The number of aliphatic imine (C=N–C) groups is 1. The number of benzene rings is 3. The molecular formula is C31H36N6O3. The Morgan fingerprint density at radius 1 is 0.725 bits per heavy atom. The minimum absolute atomic E-state index is 0.0574. The Hall–Kier alpha value is -4.92. The van der Waals surface area contributed by atoms with Crippen LogP contribution in [0.2, 0.25) is 0 Å². The van der Waals surface area contributed by atoms with E-state index in [1.807, 2.05) is 91.0 Å². The van der Waals surface area contributed by atoms with Crippen LogP contribution < -0.4 is 27.8 Å². The van der Waals surface area contributed by atoms with Crippen molar-refractivity contribution in [2.24, 2.45) is 22.2 Å². The van der Waals surface area contributed by atoms with E-state index in [-0.39, 0.29) is 18.9 Å². The smallest absolute Gasteiger partial charge is 0.245 e. The summed E-state index contributed by atoms with van der Waals surface area (Å²) in [7, 11) is 0. The van der Waals surface area contributed by atoms with Crippen LogP contribution in [0, 0.1) is 0 Å². The molecule has 0 aliphatic heterocycles. The summed E-state index contributed by atoms with van der Waals surface area (Å²) in [6, 6.07) is 26.8. The van der Waals surface area contributed by atoms with Crippen LogP contribution in [-0.4, -0.2) is 42.3 Å². The first-order valence-corrected chi connectivity index (χ1v) is 13.2. The highest BCUT2D eigenvalue weighted by Gasteiger charge is 2.25. The summed E-state index contributed by atoms with van der Waals surface area (Å²) in [5.74, 6) is -1.67. The number of carbonyl (C=O) groups excluding carboxylic acids is 3. The van der Waals surface area contributed by atoms with Crippen molar-refractivity contribution < 1.29 is 14.4 Å². The molecule has 0 aliphatic carbocycles. The largest absolute Gasteiger partial charge is 0.370 e. The van der Waals surface area contributed by atoms with Crippen LogP contribution in [0.15, 0.2) is 102 Å². The lowest BCUT2D eigenvalue weighted by molar-refractivity contribution is -0.130. The second-order valence-electron chi connectivity index (χ2n) is 9.29. The standard InChI is InChI=1S/C31H36N6O3/c32-29(39)26(19-18-22-11-4-1-5-12-22)37-30(40)27(17-10-20-35-31(33)34)36-28(38)21-25(23-13-6-2-7-14-23)24-15-8-3-9-16-24/h1-9,11-16,21,26-27H,10,17-20H2,(H2,32,39)(H,36,38)(H,37,40)(H4,33,34,35)/t26-,27+/m0/s1. The van der Waals surface area contributed by atoms with Crippen LogP contribution in [0.4, 0.5) is 0 Å². The zero-order chi connectivity index (χ0) is 28.7. The molecule has 0 fully saturated rings. The SMILES string of the molecule is NC(=O)[C@H](CCc1ccccc1)NC(=O)[C@@H](CCCN=C(N)N)NC(=O)C=C(c1ccccc1)c1ccccc1. The molecule has 0 aliphatic rings. The van der Waals surface area contributed by atoms with Gasteiger partial charge in [0.1, 0.15) is 12.1 Å². The highest BCUT2D eigenvalue weighted by atomic mass is 16.2. The monoisotopic (exact) mass is 540 g/mol. The van der Waals surface area contributed by atoms with Gasteiger partial charge in [0.05, 0.1) is 0 Å². The van der Waals surface area contributed by atoms with Crippen molar-refractivity contribution in [3.05, 3.63) is 114 Å². The number of nitrogens with zero attached hydrogens (tertiary/aromatic N) is 1. The van der Waals surface area contributed by atoms with Crippen molar-refractivity contribution in [2.45, 2.75) is 37.8 Å². The first-order valence-electron chi connectivity index (χ1n) is 13.2. The topological polar surface area (TPSA) is 166 Å². The van der Waals surface area contributed by atoms with Crippen molar-refractivity contribution in [1.82, 2.24) is 10.6 Å². The van der Waals surface area contributed by atoms with Crippen LogP contribution in [0.5, 0.6) is 0 Å². The van der Waals surface area contributed by atoms with Crippen LogP contribution in [0.1, 0.15) is 36.0 Å². The lowest BCUT2D eigenvalue weighted by atomic mass is 9.97. The van der Waals surface area contributed by atoms with E-state index < -0.39 is 29.8 Å². The van der Waals surface area contributed by atoms with Gasteiger partial charge in [-0.3, -0.25) is 19.4 Å². The third kappa shape index (κ3) is 9.75. The quantitative estimate of drug-likeness (QED) is 0.0914. The minimum Gasteiger partial charge on any atom is -0.370 e. The van der Waals surface area contributed by atoms with Gasteiger partial charge in [0.2, 0.25) is 17.7 Å². The van der Waals surface area contributed by atoms with E-state index in [0.717, 1.165) is 16.7 Å². The molecular weight excluding hydrogens is 504 g/mol. The highest BCUT2D eigenvalue weighted by molar-refractivity contribution is 6.01. The fourth-order valence-electron chi connectivity index (χ4n) is 4.20. The molecule has 0 aromatic heterocycles. The summed E-state index contributed by atoms with van der Waals surface area (Å²) < 4.78 is 0. The van der Waals surface area contributed by atoms with Gasteiger partial charge in [-0.15, -0.1) is 0 Å². The van der Waals surface area contributed by atoms with Crippen molar-refractivity contribution in [3.63, 3.8) is 0 Å². The molecule has 208 valence electrons. The van der Waals surface area contributed by atoms with Crippen molar-refractivity contribution in [3.8, 4) is 0 Å². The van der Waals surface area contributed by atoms with E-state index in [4.69, 9.17) is 17.2 Å². The van der Waals surface area contributed by atoms with Gasteiger partial charge in [-0.25, -0.2) is 0 Å². The molecule has 0 heterocycles. The number of nitrogens with two attached hydrogens (primary N) is 3. The number of hydrogen-bond acceptors (Lipinski definition) is 4. The average Bonchev–Trinajstić information content (AvgIpc) is 2.96. The number of hydrogen-bond donors (Lipinski definition) is 5. The van der Waals surface area contributed by atoms with Crippen LogP contribution in [0.3, 0.4) is 0 Å². The van der Waals surface area contributed by atoms with Gasteiger partial charge < -0.3 is 27.8 Å². The van der Waals surface area contributed by atoms with Gasteiger partial charge in [-0.1, -0.05) is 91.0 Å². The molecule has 0 saturated heterocycles. The van der Waals surface area contributed by atoms with Crippen LogP contribution in [0.25, 0.3) is 5.57 Å². The first kappa shape index (κ1) is 29.6. The van der Waals surface area contributed by atoms with E-state index in [9.17, 15) is 14.4 Å². The Morgan fingerprint density at radius 3 is 1.80 bits per heavy atom. The third-order valence-corrected chi connectivity index (χ3v) is 6.25. The first-order chi connectivity index (χ1) is 19.3. The number of amides is 3. The number of nitrogens with one attached hydrogen (secondary N) is 2. The molecule has 9 nitrogen and oxygen atoms in total. The predicted molar refractivity (Wildman–Crippen MR) is 158 cm³/mol. The number of carbonyl (C=O) groups is 3. The molecule has 2 atom stereocenters. The maximum atomic E-state index is 13.3. The Bertz CT molecular complexity index is 1270. The molecule has 3 aromatic rings. The zero-order valence-electron chi connectivity index (χ0n) is 22.3. The number of rotatable bonds is 14. The summed E-state index contributed by atoms with van der Waals surface area (Å²) in [4.78, 5) is 42.7. The van der Waals surface area contributed by atoms with Gasteiger partial charge in [0, 0.05) is 12.6 Å². The summed E-state index contributed by atoms with van der Waals surface area (Å²) in [5.41, 5.74) is 19.9. The molecule has 3 rings (SSSR count). The normalized spacial score (nSPS) is 11.9. The Morgan fingerprint density at radius 2 is 1.27 bits per heavy atom. The third-order valence-electron chi connectivity index (χ3n) is 6.25. The molecule has 0 unspecified atom stereocenters. The fraction of sp³-hybridized carbons (Fsp3) is 0.226. The molecule has 9 heteroatoms. The van der Waals surface area contributed by atoms with Crippen molar-refractivity contribution in [2.75, 3.05) is 6.54 Å². The molecule has 8 N–H and O–H groups in total. The van der Waals surface area contributed by atoms with Crippen molar-refractivity contribution in [1.29, 1.82) is 0 Å². The minimum atomic E-state index is -0.940. The summed E-state index contributed by atoms with van der Waals surface area (Å²) in [5, 5.41) is 5.53. The maximum Gasteiger partial charge on any atom is 0.245 e. The maximum absolute atomic E-state index is 13.3. The summed E-state index contributed by atoms with van der Waals surface area (Å²) >= 11 is 0. The van der Waals surface area contributed by atoms with E-state index in [1.165, 1.54) is 6.08 Å². The van der Waals surface area contributed by atoms with Gasteiger partial charge in [0.15, 0.2) is 5.96 Å². The van der Waals surface area contributed by atoms with Gasteiger partial charge in [-0.05, 0) is 47.9 Å². The van der Waals surface area contributed by atoms with E-state index in [2.05, 4.69) is 15.6 Å². The average molecular weight is 541 g/mol. The van der Waals surface area contributed by atoms with E-state index in [1.54, 1.807) is 0 Å². The van der Waals surface area contributed by atoms with Gasteiger partial charge in [0.25, 0.3) is 0 Å². The number of guanidine groups is 1. The second kappa shape index (κ2) is 15.5. The number of aryl methyl sites for hydroxylation is 1. The Labute approximate surface area is 234 Å². The molecule has 40 heavy (non-hydrogen) atoms. The molecule has 3 aromatic carbocycles. The van der Waals surface area contributed by atoms with Crippen molar-refractivity contribution >= 4 is 29.3 Å². The highest BCUT2D eigenvalue weighted by Crippen LogP contribution is 2.23. The summed E-state index contributed by atoms with van der Waals surface area (Å²) in [6.45, 7) is 0.282. The van der Waals surface area contributed by atoms with Crippen LogP contribution >= 0.6 is 0 Å². The van der Waals surface area contributed by atoms with E-state index in [0.29, 0.717) is 24.8 Å². The lowest BCUT2D eigenvalue weighted by Crippen LogP contribution is -2.53. The lowest BCUT2D eigenvalue weighted by Gasteiger charge is -2.22. The van der Waals surface area contributed by atoms with Crippen LogP contribution in [-0.2, 0) is 20.8 Å². The van der Waals surface area contributed by atoms with Gasteiger partial charge in [-0.2, -0.15) is 0 Å². The van der Waals surface area contributed by atoms with E-state index >= 15 is 0 Å². The predicted octanol–water partition coefficient (Wildman–Crippen LogP) is 2.26. The molecule has 0 radical (unpaired) electrons. The second-order valence-corrected chi connectivity index (χ2v) is 9.29. The molecule has 0 saturated carbocycles. The Kier molecular flexibility index (Phi) is 11.5. The molecule has 0 spiro atoms. The molecule has 0 bridgehead atoms. The number of primary amides is 1.